The molecule has 124 valence electrons. The number of rotatable bonds is 7. The zero-order valence-corrected chi connectivity index (χ0v) is 14.4. The van der Waals surface area contributed by atoms with E-state index in [1.54, 1.807) is 19.2 Å². The number of ether oxygens (including phenoxy) is 2. The average Bonchev–Trinajstić information content (AvgIpc) is 2.89. The molecule has 0 saturated carbocycles. The Bertz CT molecular complexity index is 717. The quantitative estimate of drug-likeness (QED) is 0.466. The number of hydrogen-bond acceptors (Lipinski definition) is 7. The summed E-state index contributed by atoms with van der Waals surface area (Å²) in [4.78, 5) is 27.8. The number of carbonyl (C=O) groups excluding carboxylic acids is 2. The standard InChI is InChI=1S/C15H17ClN2O4S/c1-3-22-15(20)14-9(4-5-17-8-13(19)21-2)10-6-12(16)18-7-11(10)23-14/h6-7,17H,3-5,8H2,1-2H3. The van der Waals surface area contributed by atoms with E-state index in [1.807, 2.05) is 0 Å². The van der Waals surface area contributed by atoms with Gasteiger partial charge in [0.1, 0.15) is 10.0 Å². The third-order valence-electron chi connectivity index (χ3n) is 3.15. The second kappa shape index (κ2) is 8.24. The van der Waals surface area contributed by atoms with Crippen LogP contribution in [0, 0.1) is 0 Å². The maximum absolute atomic E-state index is 12.1. The van der Waals surface area contributed by atoms with Crippen molar-refractivity contribution in [2.45, 2.75) is 13.3 Å². The number of halogens is 1. The van der Waals surface area contributed by atoms with Crippen LogP contribution in [0.15, 0.2) is 12.3 Å². The Morgan fingerprint density at radius 1 is 1.43 bits per heavy atom. The van der Waals surface area contributed by atoms with E-state index in [4.69, 9.17) is 16.3 Å². The molecular weight excluding hydrogens is 340 g/mol. The van der Waals surface area contributed by atoms with Gasteiger partial charge < -0.3 is 14.8 Å². The molecule has 6 nitrogen and oxygen atoms in total. The van der Waals surface area contributed by atoms with Gasteiger partial charge in [0.15, 0.2) is 0 Å². The van der Waals surface area contributed by atoms with Gasteiger partial charge in [0.05, 0.1) is 25.0 Å². The molecule has 0 fully saturated rings. The van der Waals surface area contributed by atoms with Gasteiger partial charge in [0.25, 0.3) is 0 Å². The smallest absolute Gasteiger partial charge is 0.348 e. The van der Waals surface area contributed by atoms with E-state index in [0.717, 1.165) is 15.6 Å². The minimum Gasteiger partial charge on any atom is -0.468 e. The molecule has 0 aliphatic rings. The summed E-state index contributed by atoms with van der Waals surface area (Å²) in [5.74, 6) is -0.689. The molecule has 0 radical (unpaired) electrons. The van der Waals surface area contributed by atoms with Gasteiger partial charge in [0.2, 0.25) is 0 Å². The van der Waals surface area contributed by atoms with Crippen molar-refractivity contribution < 1.29 is 19.1 Å². The van der Waals surface area contributed by atoms with Crippen LogP contribution in [-0.2, 0) is 20.7 Å². The highest BCUT2D eigenvalue weighted by molar-refractivity contribution is 7.21. The topological polar surface area (TPSA) is 77.5 Å². The molecule has 0 amide bonds. The molecule has 2 aromatic rings. The van der Waals surface area contributed by atoms with Crippen LogP contribution in [0.2, 0.25) is 5.15 Å². The van der Waals surface area contributed by atoms with Gasteiger partial charge in [-0.2, -0.15) is 0 Å². The Kier molecular flexibility index (Phi) is 6.32. The maximum Gasteiger partial charge on any atom is 0.348 e. The van der Waals surface area contributed by atoms with E-state index in [2.05, 4.69) is 15.0 Å². The molecule has 2 aromatic heterocycles. The molecule has 0 saturated heterocycles. The first kappa shape index (κ1) is 17.7. The predicted octanol–water partition coefficient (Wildman–Crippen LogP) is 2.43. The summed E-state index contributed by atoms with van der Waals surface area (Å²) >= 11 is 7.30. The minimum atomic E-state index is -0.354. The Labute approximate surface area is 142 Å². The number of thiophene rings is 1. The predicted molar refractivity (Wildman–Crippen MR) is 89.2 cm³/mol. The number of fused-ring (bicyclic) bond motifs is 1. The highest BCUT2D eigenvalue weighted by Gasteiger charge is 2.19. The largest absolute Gasteiger partial charge is 0.468 e. The lowest BCUT2D eigenvalue weighted by atomic mass is 10.1. The van der Waals surface area contributed by atoms with Gasteiger partial charge in [-0.15, -0.1) is 11.3 Å². The summed E-state index contributed by atoms with van der Waals surface area (Å²) in [5, 5.41) is 4.24. The van der Waals surface area contributed by atoms with Crippen molar-refractivity contribution in [1.29, 1.82) is 0 Å². The van der Waals surface area contributed by atoms with Crippen LogP contribution in [0.5, 0.6) is 0 Å². The molecule has 0 unspecified atom stereocenters. The molecule has 1 N–H and O–H groups in total. The molecule has 0 aliphatic carbocycles. The zero-order chi connectivity index (χ0) is 16.8. The Balaban J connectivity index is 2.23. The number of nitrogens with one attached hydrogen (secondary N) is 1. The van der Waals surface area contributed by atoms with E-state index in [9.17, 15) is 9.59 Å². The fraction of sp³-hybridized carbons (Fsp3) is 0.400. The highest BCUT2D eigenvalue weighted by Crippen LogP contribution is 2.33. The fourth-order valence-electron chi connectivity index (χ4n) is 2.11. The van der Waals surface area contributed by atoms with E-state index in [-0.39, 0.29) is 18.5 Å². The molecule has 0 aromatic carbocycles. The van der Waals surface area contributed by atoms with Crippen molar-refractivity contribution in [2.75, 3.05) is 26.8 Å². The van der Waals surface area contributed by atoms with Crippen LogP contribution in [0.25, 0.3) is 10.1 Å². The molecule has 0 bridgehead atoms. The average molecular weight is 357 g/mol. The van der Waals surface area contributed by atoms with Gasteiger partial charge in [0, 0.05) is 11.6 Å². The second-order valence-electron chi connectivity index (χ2n) is 4.64. The first-order chi connectivity index (χ1) is 11.1. The van der Waals surface area contributed by atoms with Crippen molar-refractivity contribution >= 4 is 45.0 Å². The third-order valence-corrected chi connectivity index (χ3v) is 4.52. The molecule has 2 heterocycles. The number of methoxy groups -OCH3 is 1. The number of hydrogen-bond donors (Lipinski definition) is 1. The van der Waals surface area contributed by atoms with Crippen molar-refractivity contribution in [3.63, 3.8) is 0 Å². The number of esters is 2. The van der Waals surface area contributed by atoms with Gasteiger partial charge in [-0.25, -0.2) is 9.78 Å². The fourth-order valence-corrected chi connectivity index (χ4v) is 3.37. The molecular formula is C15H17ClN2O4S. The normalized spacial score (nSPS) is 10.7. The number of nitrogens with zero attached hydrogens (tertiary/aromatic N) is 1. The number of aromatic nitrogens is 1. The summed E-state index contributed by atoms with van der Waals surface area (Å²) in [7, 11) is 1.34. The highest BCUT2D eigenvalue weighted by atomic mass is 35.5. The van der Waals surface area contributed by atoms with Crippen LogP contribution in [0.1, 0.15) is 22.2 Å². The monoisotopic (exact) mass is 356 g/mol. The van der Waals surface area contributed by atoms with Crippen LogP contribution in [-0.4, -0.2) is 43.7 Å². The van der Waals surface area contributed by atoms with Crippen molar-refractivity contribution in [1.82, 2.24) is 10.3 Å². The number of carbonyl (C=O) groups is 2. The minimum absolute atomic E-state index is 0.121. The molecule has 23 heavy (non-hydrogen) atoms. The second-order valence-corrected chi connectivity index (χ2v) is 6.08. The summed E-state index contributed by atoms with van der Waals surface area (Å²) in [6, 6.07) is 1.74. The van der Waals surface area contributed by atoms with E-state index < -0.39 is 0 Å². The zero-order valence-electron chi connectivity index (χ0n) is 12.8. The Morgan fingerprint density at radius 2 is 2.22 bits per heavy atom. The van der Waals surface area contributed by atoms with E-state index >= 15 is 0 Å². The molecule has 0 aliphatic heterocycles. The van der Waals surface area contributed by atoms with E-state index in [0.29, 0.717) is 29.6 Å². The van der Waals surface area contributed by atoms with Crippen molar-refractivity contribution in [2.24, 2.45) is 0 Å². The lowest BCUT2D eigenvalue weighted by Crippen LogP contribution is -2.26. The first-order valence-corrected chi connectivity index (χ1v) is 8.27. The summed E-state index contributed by atoms with van der Waals surface area (Å²) in [6.07, 6.45) is 2.21. The Morgan fingerprint density at radius 3 is 2.91 bits per heavy atom. The lowest BCUT2D eigenvalue weighted by molar-refractivity contribution is -0.139. The molecule has 8 heteroatoms. The van der Waals surface area contributed by atoms with Gasteiger partial charge >= 0.3 is 11.9 Å². The third kappa shape index (κ3) is 4.40. The molecule has 2 rings (SSSR count). The molecule has 0 atom stereocenters. The van der Waals surface area contributed by atoms with Crippen LogP contribution in [0.4, 0.5) is 0 Å². The van der Waals surface area contributed by atoms with E-state index in [1.165, 1.54) is 18.4 Å². The summed E-state index contributed by atoms with van der Waals surface area (Å²) in [6.45, 7) is 2.72. The molecule has 0 spiro atoms. The lowest BCUT2D eigenvalue weighted by Gasteiger charge is -2.06. The first-order valence-electron chi connectivity index (χ1n) is 7.08. The maximum atomic E-state index is 12.1. The summed E-state index contributed by atoms with van der Waals surface area (Å²) in [5.41, 5.74) is 0.852. The number of pyridine rings is 1. The van der Waals surface area contributed by atoms with Crippen LogP contribution < -0.4 is 5.32 Å². The Hall–Kier alpha value is -1.70. The van der Waals surface area contributed by atoms with Crippen molar-refractivity contribution in [3.05, 3.63) is 27.9 Å². The van der Waals surface area contributed by atoms with Gasteiger partial charge in [-0.1, -0.05) is 11.6 Å². The van der Waals surface area contributed by atoms with Crippen LogP contribution >= 0.6 is 22.9 Å². The SMILES string of the molecule is CCOC(=O)c1sc2cnc(Cl)cc2c1CCNCC(=O)OC. The van der Waals surface area contributed by atoms with Gasteiger partial charge in [-0.3, -0.25) is 4.79 Å². The van der Waals surface area contributed by atoms with Crippen LogP contribution in [0.3, 0.4) is 0 Å². The summed E-state index contributed by atoms with van der Waals surface area (Å²) < 4.78 is 10.6. The van der Waals surface area contributed by atoms with Crippen molar-refractivity contribution in [3.8, 4) is 0 Å². The van der Waals surface area contributed by atoms with Gasteiger partial charge in [-0.05, 0) is 31.5 Å².